The second-order valence-corrected chi connectivity index (χ2v) is 7.79. The molecular formula is C22H25FN2S. The van der Waals surface area contributed by atoms with Crippen molar-refractivity contribution in [3.63, 3.8) is 0 Å². The maximum absolute atomic E-state index is 13.9. The topological polar surface area (TPSA) is 29.3 Å². The Balaban J connectivity index is 1.81. The van der Waals surface area contributed by atoms with E-state index in [1.165, 1.54) is 5.70 Å². The number of halogens is 1. The van der Waals surface area contributed by atoms with E-state index in [1.807, 2.05) is 6.08 Å². The number of allylic oxidation sites excluding steroid dienone is 8. The van der Waals surface area contributed by atoms with Crippen LogP contribution in [0.1, 0.15) is 12.8 Å². The molecule has 2 N–H and O–H groups in total. The molecule has 0 saturated carbocycles. The lowest BCUT2D eigenvalue weighted by Crippen LogP contribution is -2.31. The first-order chi connectivity index (χ1) is 12.7. The Morgan fingerprint density at radius 1 is 1.27 bits per heavy atom. The first-order valence-electron chi connectivity index (χ1n) is 9.04. The highest BCUT2D eigenvalue weighted by molar-refractivity contribution is 8.02. The van der Waals surface area contributed by atoms with Gasteiger partial charge in [-0.15, -0.1) is 18.2 Å². The first-order valence-corrected chi connectivity index (χ1v) is 10.1. The van der Waals surface area contributed by atoms with Crippen LogP contribution in [0.3, 0.4) is 0 Å². The van der Waals surface area contributed by atoms with Gasteiger partial charge in [0.15, 0.2) is 0 Å². The maximum Gasteiger partial charge on any atom is 0.123 e. The van der Waals surface area contributed by atoms with Crippen molar-refractivity contribution in [1.29, 1.82) is 0 Å². The minimum Gasteiger partial charge on any atom is -0.397 e. The molecule has 0 radical (unpaired) electrons. The molecule has 3 aliphatic rings. The van der Waals surface area contributed by atoms with Crippen molar-refractivity contribution in [2.45, 2.75) is 12.8 Å². The molecule has 2 nitrogen and oxygen atoms in total. The highest BCUT2D eigenvalue weighted by Crippen LogP contribution is 2.27. The molecule has 0 spiro atoms. The van der Waals surface area contributed by atoms with Gasteiger partial charge in [-0.3, -0.25) is 0 Å². The van der Waals surface area contributed by atoms with Crippen LogP contribution in [0.25, 0.3) is 0 Å². The number of hydrogen-bond donors (Lipinski definition) is 1. The third-order valence-electron chi connectivity index (χ3n) is 4.86. The van der Waals surface area contributed by atoms with E-state index in [1.54, 1.807) is 17.8 Å². The number of fused-ring (bicyclic) bond motifs is 1. The summed E-state index contributed by atoms with van der Waals surface area (Å²) in [4.78, 5) is 2.34. The maximum atomic E-state index is 13.9. The van der Waals surface area contributed by atoms with E-state index in [0.29, 0.717) is 12.3 Å². The largest absolute Gasteiger partial charge is 0.397 e. The second kappa shape index (κ2) is 9.00. The summed E-state index contributed by atoms with van der Waals surface area (Å²) in [7, 11) is 0. The zero-order valence-electron chi connectivity index (χ0n) is 14.9. The molecule has 0 aromatic heterocycles. The minimum atomic E-state index is -0.207. The molecule has 2 aliphatic carbocycles. The van der Waals surface area contributed by atoms with Crippen LogP contribution in [-0.4, -0.2) is 23.7 Å². The van der Waals surface area contributed by atoms with E-state index in [4.69, 9.17) is 12.2 Å². The molecular weight excluding hydrogens is 343 g/mol. The van der Waals surface area contributed by atoms with Gasteiger partial charge in [-0.1, -0.05) is 42.4 Å². The van der Waals surface area contributed by atoms with E-state index in [-0.39, 0.29) is 23.4 Å². The van der Waals surface area contributed by atoms with Crippen molar-refractivity contribution < 1.29 is 4.39 Å². The Morgan fingerprint density at radius 2 is 2.15 bits per heavy atom. The summed E-state index contributed by atoms with van der Waals surface area (Å²) in [5, 5.41) is 2.13. The summed E-state index contributed by atoms with van der Waals surface area (Å²) in [6, 6.07) is 0. The predicted octanol–water partition coefficient (Wildman–Crippen LogP) is 4.53. The Labute approximate surface area is 160 Å². The normalized spacial score (nSPS) is 30.2. The fourth-order valence-electron chi connectivity index (χ4n) is 3.33. The molecule has 0 aromatic rings. The van der Waals surface area contributed by atoms with Gasteiger partial charge in [-0.2, -0.15) is 0 Å². The summed E-state index contributed by atoms with van der Waals surface area (Å²) in [5.41, 5.74) is 7.10. The minimum absolute atomic E-state index is 0.116. The monoisotopic (exact) mass is 368 g/mol. The Hall–Kier alpha value is -2.12. The number of hydrogen-bond acceptors (Lipinski definition) is 3. The highest BCUT2D eigenvalue weighted by Gasteiger charge is 2.21. The van der Waals surface area contributed by atoms with Gasteiger partial charge in [0.1, 0.15) is 5.83 Å². The fourth-order valence-corrected chi connectivity index (χ4v) is 4.18. The second-order valence-electron chi connectivity index (χ2n) is 6.85. The lowest BCUT2D eigenvalue weighted by molar-refractivity contribution is 0.297. The first kappa shape index (κ1) is 18.7. The van der Waals surface area contributed by atoms with Crippen molar-refractivity contribution >= 4 is 11.8 Å². The zero-order chi connectivity index (χ0) is 18.4. The Bertz CT molecular complexity index is 736. The Kier molecular flexibility index (Phi) is 6.46. The molecule has 136 valence electrons. The van der Waals surface area contributed by atoms with Gasteiger partial charge in [-0.05, 0) is 24.0 Å². The van der Waals surface area contributed by atoms with Crippen LogP contribution < -0.4 is 5.73 Å². The van der Waals surface area contributed by atoms with E-state index in [2.05, 4.69) is 52.7 Å². The summed E-state index contributed by atoms with van der Waals surface area (Å²) < 4.78 is 13.9. The predicted molar refractivity (Wildman–Crippen MR) is 110 cm³/mol. The summed E-state index contributed by atoms with van der Waals surface area (Å²) in [6.45, 7) is 1.60. The van der Waals surface area contributed by atoms with Crippen molar-refractivity contribution in [3.8, 4) is 12.3 Å². The zero-order valence-corrected chi connectivity index (χ0v) is 15.7. The molecule has 3 atom stereocenters. The number of terminal acetylenes is 1. The number of thioether (sulfide) groups is 1. The van der Waals surface area contributed by atoms with E-state index in [0.717, 1.165) is 25.3 Å². The van der Waals surface area contributed by atoms with Crippen molar-refractivity contribution in [2.75, 3.05) is 18.8 Å². The molecule has 26 heavy (non-hydrogen) atoms. The van der Waals surface area contributed by atoms with Gasteiger partial charge in [-0.25, -0.2) is 4.39 Å². The standard InChI is InChI=1S/C22H25FN2S/c1-2-17-9-11-25(15-18-7-8-22(24)21(23)14-18)20-6-4-3-5-19(13-20)16-26-12-10-17/h1,3-8,10,12-13,17-19H,9,11,14-16,24H2/b12-10-. The van der Waals surface area contributed by atoms with Crippen LogP contribution in [-0.2, 0) is 0 Å². The third-order valence-corrected chi connectivity index (χ3v) is 5.79. The van der Waals surface area contributed by atoms with Crippen LogP contribution in [0.4, 0.5) is 4.39 Å². The Morgan fingerprint density at radius 3 is 2.96 bits per heavy atom. The molecule has 1 aliphatic heterocycles. The highest BCUT2D eigenvalue weighted by atomic mass is 32.2. The molecule has 4 heteroatoms. The summed E-state index contributed by atoms with van der Waals surface area (Å²) in [6.07, 6.45) is 23.7. The lowest BCUT2D eigenvalue weighted by Gasteiger charge is -2.31. The number of nitrogens with zero attached hydrogens (tertiary/aromatic N) is 1. The average molecular weight is 369 g/mol. The molecule has 0 saturated heterocycles. The number of rotatable bonds is 2. The van der Waals surface area contributed by atoms with Crippen molar-refractivity contribution in [1.82, 2.24) is 4.90 Å². The molecule has 3 rings (SSSR count). The van der Waals surface area contributed by atoms with E-state index < -0.39 is 0 Å². The van der Waals surface area contributed by atoms with E-state index in [9.17, 15) is 4.39 Å². The molecule has 2 bridgehead atoms. The lowest BCUT2D eigenvalue weighted by atomic mass is 9.97. The molecule has 1 heterocycles. The van der Waals surface area contributed by atoms with Gasteiger partial charge in [0.2, 0.25) is 0 Å². The van der Waals surface area contributed by atoms with Crippen molar-refractivity contribution in [3.05, 3.63) is 71.2 Å². The molecule has 3 unspecified atom stereocenters. The van der Waals surface area contributed by atoms with Crippen LogP contribution in [0, 0.1) is 30.1 Å². The van der Waals surface area contributed by atoms with Gasteiger partial charge in [0, 0.05) is 48.7 Å². The fraction of sp³-hybridized carbons (Fsp3) is 0.364. The van der Waals surface area contributed by atoms with Crippen LogP contribution in [0.2, 0.25) is 0 Å². The van der Waals surface area contributed by atoms with Gasteiger partial charge >= 0.3 is 0 Å². The molecule has 0 aromatic carbocycles. The number of nitrogens with two attached hydrogens (primary N) is 1. The molecule has 0 fully saturated rings. The van der Waals surface area contributed by atoms with Gasteiger partial charge < -0.3 is 10.6 Å². The summed E-state index contributed by atoms with van der Waals surface area (Å²) in [5.74, 6) is 4.26. The third kappa shape index (κ3) is 4.95. The van der Waals surface area contributed by atoms with Crippen LogP contribution >= 0.6 is 11.8 Å². The van der Waals surface area contributed by atoms with E-state index >= 15 is 0 Å². The van der Waals surface area contributed by atoms with Crippen molar-refractivity contribution in [2.24, 2.45) is 23.5 Å². The smallest absolute Gasteiger partial charge is 0.123 e. The van der Waals surface area contributed by atoms with Gasteiger partial charge in [0.25, 0.3) is 0 Å². The quantitative estimate of drug-likeness (QED) is 0.726. The van der Waals surface area contributed by atoms with Gasteiger partial charge in [0.05, 0.1) is 5.70 Å². The average Bonchev–Trinajstić information content (AvgIpc) is 2.89. The summed E-state index contributed by atoms with van der Waals surface area (Å²) >= 11 is 1.80. The SMILES string of the molecule is C#CC1/C=C\SCC2C=CC=CC(=C2)N(CC2C=CC(N)=C(F)C2)CC1. The molecule has 0 amide bonds. The van der Waals surface area contributed by atoms with Crippen LogP contribution in [0.15, 0.2) is 71.2 Å². The van der Waals surface area contributed by atoms with Crippen LogP contribution in [0.5, 0.6) is 0 Å².